The van der Waals surface area contributed by atoms with Gasteiger partial charge in [0.15, 0.2) is 5.58 Å². The van der Waals surface area contributed by atoms with Gasteiger partial charge in [0.05, 0.1) is 11.4 Å². The molecule has 2 heteroatoms. The van der Waals surface area contributed by atoms with E-state index in [0.29, 0.717) is 0 Å². The molecule has 11 rings (SSSR count). The minimum absolute atomic E-state index is 0.103. The highest BCUT2D eigenvalue weighted by atomic mass is 16.3. The van der Waals surface area contributed by atoms with Crippen LogP contribution in [0.5, 0.6) is 0 Å². The van der Waals surface area contributed by atoms with Crippen LogP contribution in [-0.2, 0) is 5.41 Å². The Hall–Kier alpha value is -6.64. The molecular weight excluding hydrogens is 655 g/mol. The van der Waals surface area contributed by atoms with Gasteiger partial charge in [-0.05, 0) is 126 Å². The summed E-state index contributed by atoms with van der Waals surface area (Å²) in [5.74, 6) is 0. The fourth-order valence-corrected chi connectivity index (χ4v) is 8.69. The Labute approximate surface area is 314 Å². The fraction of sp³-hybridized carbons (Fsp3) is 0.0769. The van der Waals surface area contributed by atoms with Crippen molar-refractivity contribution in [3.05, 3.63) is 175 Å². The first-order chi connectivity index (χ1) is 26.4. The molecule has 256 valence electrons. The minimum atomic E-state index is 0.103. The molecule has 0 bridgehead atoms. The van der Waals surface area contributed by atoms with E-state index >= 15 is 0 Å². The lowest BCUT2D eigenvalue weighted by molar-refractivity contribution is 0.591. The lowest BCUT2D eigenvalue weighted by atomic mass is 9.77. The maximum atomic E-state index is 6.73. The van der Waals surface area contributed by atoms with Gasteiger partial charge in [0.25, 0.3) is 0 Å². The summed E-state index contributed by atoms with van der Waals surface area (Å²) in [5.41, 5.74) is 14.1. The molecule has 0 N–H and O–H groups in total. The molecule has 0 spiro atoms. The molecule has 1 heterocycles. The van der Waals surface area contributed by atoms with Gasteiger partial charge < -0.3 is 9.32 Å². The van der Waals surface area contributed by atoms with Gasteiger partial charge in [-0.3, -0.25) is 0 Å². The molecule has 1 aliphatic rings. The summed E-state index contributed by atoms with van der Waals surface area (Å²) >= 11 is 0. The number of fused-ring (bicyclic) bond motifs is 10. The number of benzene rings is 9. The molecule has 0 fully saturated rings. The zero-order valence-electron chi connectivity index (χ0n) is 30.5. The van der Waals surface area contributed by atoms with E-state index in [1.807, 2.05) is 6.07 Å². The van der Waals surface area contributed by atoms with Crippen LogP contribution in [0, 0.1) is 0 Å². The second kappa shape index (κ2) is 11.4. The van der Waals surface area contributed by atoms with Crippen LogP contribution in [0.15, 0.2) is 174 Å². The summed E-state index contributed by atoms with van der Waals surface area (Å²) in [4.78, 5) is 2.41. The molecular formula is C52H37NO. The van der Waals surface area contributed by atoms with Crippen LogP contribution < -0.4 is 4.90 Å². The van der Waals surface area contributed by atoms with E-state index in [-0.39, 0.29) is 5.41 Å². The third kappa shape index (κ3) is 4.66. The SMILES string of the molecule is CC(C)(C)c1ccc2cc3c(cc2c1)-c1cc2cc(N(c4ccc5ccccc5c4-c4ccccc4)c4cccc5c4oc4ccccc45)ccc2cc1-3. The highest BCUT2D eigenvalue weighted by Gasteiger charge is 2.27. The Morgan fingerprint density at radius 3 is 1.80 bits per heavy atom. The third-order valence-corrected chi connectivity index (χ3v) is 11.5. The average molecular weight is 692 g/mol. The van der Waals surface area contributed by atoms with E-state index < -0.39 is 0 Å². The van der Waals surface area contributed by atoms with Gasteiger partial charge in [0, 0.05) is 22.0 Å². The predicted molar refractivity (Wildman–Crippen MR) is 229 cm³/mol. The Morgan fingerprint density at radius 2 is 1.04 bits per heavy atom. The van der Waals surface area contributed by atoms with Crippen LogP contribution in [0.2, 0.25) is 0 Å². The second-order valence-corrected chi connectivity index (χ2v) is 15.8. The van der Waals surface area contributed by atoms with Crippen molar-refractivity contribution in [2.45, 2.75) is 26.2 Å². The highest BCUT2D eigenvalue weighted by molar-refractivity contribution is 6.14. The van der Waals surface area contributed by atoms with Crippen LogP contribution >= 0.6 is 0 Å². The molecule has 0 unspecified atom stereocenters. The largest absolute Gasteiger partial charge is 0.454 e. The molecule has 9 aromatic carbocycles. The smallest absolute Gasteiger partial charge is 0.159 e. The summed E-state index contributed by atoms with van der Waals surface area (Å²) < 4.78 is 6.73. The van der Waals surface area contributed by atoms with E-state index in [2.05, 4.69) is 189 Å². The normalized spacial score (nSPS) is 12.4. The van der Waals surface area contributed by atoms with Gasteiger partial charge in [-0.15, -0.1) is 0 Å². The molecule has 0 aliphatic heterocycles. The first-order valence-corrected chi connectivity index (χ1v) is 18.8. The molecule has 0 atom stereocenters. The Balaban J connectivity index is 1.15. The van der Waals surface area contributed by atoms with Crippen molar-refractivity contribution in [2.24, 2.45) is 0 Å². The number of anilines is 3. The highest BCUT2D eigenvalue weighted by Crippen LogP contribution is 2.52. The van der Waals surface area contributed by atoms with Gasteiger partial charge in [0.2, 0.25) is 0 Å². The molecule has 0 amide bonds. The van der Waals surface area contributed by atoms with Crippen LogP contribution in [-0.4, -0.2) is 0 Å². The van der Waals surface area contributed by atoms with Gasteiger partial charge in [-0.2, -0.15) is 0 Å². The number of rotatable bonds is 4. The van der Waals surface area contributed by atoms with Crippen molar-refractivity contribution in [3.8, 4) is 33.4 Å². The van der Waals surface area contributed by atoms with Gasteiger partial charge in [-0.25, -0.2) is 0 Å². The van der Waals surface area contributed by atoms with Crippen molar-refractivity contribution >= 4 is 71.3 Å². The fourth-order valence-electron chi connectivity index (χ4n) is 8.69. The predicted octanol–water partition coefficient (Wildman–Crippen LogP) is 15.1. The topological polar surface area (TPSA) is 16.4 Å². The van der Waals surface area contributed by atoms with Gasteiger partial charge in [-0.1, -0.05) is 136 Å². The zero-order valence-corrected chi connectivity index (χ0v) is 30.5. The summed E-state index contributed by atoms with van der Waals surface area (Å²) in [6.07, 6.45) is 0. The van der Waals surface area contributed by atoms with Crippen LogP contribution in [0.4, 0.5) is 17.1 Å². The first-order valence-electron chi connectivity index (χ1n) is 18.8. The Morgan fingerprint density at radius 1 is 0.426 bits per heavy atom. The average Bonchev–Trinajstić information content (AvgIpc) is 3.59. The molecule has 0 saturated carbocycles. The summed E-state index contributed by atoms with van der Waals surface area (Å²) in [6.45, 7) is 6.85. The molecule has 1 aliphatic carbocycles. The van der Waals surface area contributed by atoms with E-state index in [1.54, 1.807) is 0 Å². The van der Waals surface area contributed by atoms with E-state index in [0.717, 1.165) is 39.0 Å². The van der Waals surface area contributed by atoms with Crippen molar-refractivity contribution < 1.29 is 4.42 Å². The third-order valence-electron chi connectivity index (χ3n) is 11.5. The van der Waals surface area contributed by atoms with Crippen LogP contribution in [0.25, 0.3) is 87.6 Å². The molecule has 2 nitrogen and oxygen atoms in total. The van der Waals surface area contributed by atoms with Crippen LogP contribution in [0.3, 0.4) is 0 Å². The summed E-state index contributed by atoms with van der Waals surface area (Å²) in [6, 6.07) is 62.3. The number of hydrogen-bond acceptors (Lipinski definition) is 2. The van der Waals surface area contributed by atoms with Gasteiger partial charge >= 0.3 is 0 Å². The lowest BCUT2D eigenvalue weighted by Crippen LogP contribution is -2.12. The van der Waals surface area contributed by atoms with Crippen LogP contribution in [0.1, 0.15) is 26.3 Å². The number of furan rings is 1. The monoisotopic (exact) mass is 691 g/mol. The number of hydrogen-bond donors (Lipinski definition) is 0. The molecule has 54 heavy (non-hydrogen) atoms. The van der Waals surface area contributed by atoms with E-state index in [1.165, 1.54) is 71.3 Å². The summed E-state index contributed by atoms with van der Waals surface area (Å²) in [7, 11) is 0. The maximum absolute atomic E-state index is 6.73. The zero-order chi connectivity index (χ0) is 36.1. The van der Waals surface area contributed by atoms with Gasteiger partial charge in [0.1, 0.15) is 5.58 Å². The molecule has 0 radical (unpaired) electrons. The van der Waals surface area contributed by atoms with Crippen molar-refractivity contribution in [1.29, 1.82) is 0 Å². The van der Waals surface area contributed by atoms with Crippen molar-refractivity contribution in [2.75, 3.05) is 4.90 Å². The number of nitrogens with zero attached hydrogens (tertiary/aromatic N) is 1. The Kier molecular flexibility index (Phi) is 6.55. The Bertz CT molecular complexity index is 3140. The molecule has 1 aromatic heterocycles. The molecule has 10 aromatic rings. The van der Waals surface area contributed by atoms with E-state index in [9.17, 15) is 0 Å². The lowest BCUT2D eigenvalue weighted by Gasteiger charge is -2.30. The maximum Gasteiger partial charge on any atom is 0.159 e. The van der Waals surface area contributed by atoms with Crippen molar-refractivity contribution in [3.63, 3.8) is 0 Å². The standard InChI is InChI=1S/C52H37NO/c1-52(2,3)38-23-20-34-28-43-44-29-35-21-24-39(27-37(35)31-46(44)45(43)30-36(34)26-38)53(48-18-11-17-42-41-16-9-10-19-49(41)54-51(42)48)47-25-22-32-12-7-8-15-40(32)50(47)33-13-5-4-6-14-33/h4-31H,1-3H3. The minimum Gasteiger partial charge on any atom is -0.454 e. The quantitative estimate of drug-likeness (QED) is 0.183. The second-order valence-electron chi connectivity index (χ2n) is 15.8. The molecule has 0 saturated heterocycles. The summed E-state index contributed by atoms with van der Waals surface area (Å²) in [5, 5.41) is 9.69. The van der Waals surface area contributed by atoms with Crippen molar-refractivity contribution in [1.82, 2.24) is 0 Å². The first kappa shape index (κ1) is 30.9. The number of para-hydroxylation sites is 2. The van der Waals surface area contributed by atoms with E-state index in [4.69, 9.17) is 4.42 Å².